The Bertz CT molecular complexity index is 1010. The van der Waals surface area contributed by atoms with Crippen LogP contribution in [-0.2, 0) is 6.16 Å². The maximum absolute atomic E-state index is 14.7. The molecule has 0 N–H and O–H groups in total. The van der Waals surface area contributed by atoms with Crippen LogP contribution in [0, 0.1) is 17.5 Å². The lowest BCUT2D eigenvalue weighted by Gasteiger charge is -2.28. The van der Waals surface area contributed by atoms with Gasteiger partial charge >= 0.3 is 0 Å². The molecule has 0 unspecified atom stereocenters. The van der Waals surface area contributed by atoms with Crippen LogP contribution in [0.15, 0.2) is 103 Å². The van der Waals surface area contributed by atoms with E-state index in [1.807, 2.05) is 91.0 Å². The summed E-state index contributed by atoms with van der Waals surface area (Å²) in [7, 11) is -2.37. The number of halogens is 4. The Hall–Kier alpha value is -2.42. The quantitative estimate of drug-likeness (QED) is 0.300. The summed E-state index contributed by atoms with van der Waals surface area (Å²) in [6.07, 6.45) is 0.258. The van der Waals surface area contributed by atoms with Crippen molar-refractivity contribution in [1.29, 1.82) is 0 Å². The van der Waals surface area contributed by atoms with Gasteiger partial charge in [0.15, 0.2) is 11.6 Å². The zero-order chi connectivity index (χ0) is 20.3. The molecule has 4 aromatic rings. The Morgan fingerprint density at radius 1 is 0.500 bits per heavy atom. The van der Waals surface area contributed by atoms with Crippen LogP contribution in [0.1, 0.15) is 5.56 Å². The fraction of sp³-hybridized carbons (Fsp3) is 0.0400. The van der Waals surface area contributed by atoms with Gasteiger partial charge in [-0.3, -0.25) is 0 Å². The highest BCUT2D eigenvalue weighted by molar-refractivity contribution is 7.95. The van der Waals surface area contributed by atoms with Crippen LogP contribution in [0.25, 0.3) is 0 Å². The van der Waals surface area contributed by atoms with Gasteiger partial charge < -0.3 is 17.0 Å². The lowest BCUT2D eigenvalue weighted by molar-refractivity contribution is -0.00000730. The molecule has 4 rings (SSSR count). The molecule has 0 bridgehead atoms. The van der Waals surface area contributed by atoms with Gasteiger partial charge in [0, 0.05) is 11.6 Å². The third kappa shape index (κ3) is 4.21. The van der Waals surface area contributed by atoms with E-state index < -0.39 is 24.7 Å². The van der Waals surface area contributed by atoms with Gasteiger partial charge in [0.05, 0.1) is 0 Å². The van der Waals surface area contributed by atoms with E-state index >= 15 is 0 Å². The van der Waals surface area contributed by atoms with Crippen molar-refractivity contribution in [3.8, 4) is 0 Å². The second-order valence-electron chi connectivity index (χ2n) is 6.83. The van der Waals surface area contributed by atoms with E-state index in [1.165, 1.54) is 0 Å². The van der Waals surface area contributed by atoms with Crippen LogP contribution in [0.2, 0.25) is 0 Å². The summed E-state index contributed by atoms with van der Waals surface area (Å²) < 4.78 is 42.3. The number of hydrogen-bond donors (Lipinski definition) is 0. The van der Waals surface area contributed by atoms with Crippen LogP contribution < -0.4 is 32.9 Å². The number of rotatable bonds is 5. The van der Waals surface area contributed by atoms with Gasteiger partial charge in [-0.1, -0.05) is 54.6 Å². The van der Waals surface area contributed by atoms with Crippen LogP contribution in [0.5, 0.6) is 0 Å². The number of hydrogen-bond acceptors (Lipinski definition) is 0. The first kappa shape index (κ1) is 22.3. The standard InChI is InChI=1S/C25H19F3P.BrH/c26-23-17-25(28)24(27)16-19(23)18-29(20-10-4-1-5-11-20,21-12-6-2-7-13-21)22-14-8-3-9-15-22;/h1-17H,18H2;1H/q+1;/p-1. The lowest BCUT2D eigenvalue weighted by atomic mass is 10.2. The maximum Gasteiger partial charge on any atom is 0.161 e. The zero-order valence-corrected chi connectivity index (χ0v) is 18.5. The molecule has 0 aliphatic carbocycles. The van der Waals surface area contributed by atoms with Gasteiger partial charge in [-0.2, -0.15) is 0 Å². The summed E-state index contributed by atoms with van der Waals surface area (Å²) in [4.78, 5) is 0. The van der Waals surface area contributed by atoms with Crippen molar-refractivity contribution >= 4 is 23.2 Å². The van der Waals surface area contributed by atoms with E-state index in [9.17, 15) is 13.2 Å². The van der Waals surface area contributed by atoms with Crippen molar-refractivity contribution in [2.24, 2.45) is 0 Å². The SMILES string of the molecule is Fc1cc(F)c(C[P+](c2ccccc2)(c2ccccc2)c2ccccc2)cc1F.[Br-]. The molecule has 0 atom stereocenters. The molecule has 0 heterocycles. The zero-order valence-electron chi connectivity index (χ0n) is 16.0. The molecule has 0 spiro atoms. The molecule has 0 saturated carbocycles. The Kier molecular flexibility index (Phi) is 7.12. The van der Waals surface area contributed by atoms with Crippen molar-refractivity contribution in [1.82, 2.24) is 0 Å². The van der Waals surface area contributed by atoms with Gasteiger partial charge in [0.2, 0.25) is 0 Å². The Labute approximate surface area is 185 Å². The van der Waals surface area contributed by atoms with Gasteiger partial charge in [-0.05, 0) is 42.5 Å². The van der Waals surface area contributed by atoms with Crippen LogP contribution in [0.4, 0.5) is 13.2 Å². The summed E-state index contributed by atoms with van der Waals surface area (Å²) in [5.74, 6) is -2.93. The van der Waals surface area contributed by atoms with E-state index in [1.54, 1.807) is 0 Å². The molecule has 0 aromatic heterocycles. The van der Waals surface area contributed by atoms with Crippen LogP contribution in [0.3, 0.4) is 0 Å². The average molecular weight is 487 g/mol. The minimum absolute atomic E-state index is 0. The molecule has 0 nitrogen and oxygen atoms in total. The summed E-state index contributed by atoms with van der Waals surface area (Å²) >= 11 is 0. The van der Waals surface area contributed by atoms with E-state index in [0.717, 1.165) is 22.0 Å². The molecule has 152 valence electrons. The largest absolute Gasteiger partial charge is 1.00 e. The Balaban J connectivity index is 0.00000256. The molecule has 4 aromatic carbocycles. The van der Waals surface area contributed by atoms with Gasteiger partial charge in [-0.25, -0.2) is 13.2 Å². The predicted molar refractivity (Wildman–Crippen MR) is 115 cm³/mol. The summed E-state index contributed by atoms with van der Waals surface area (Å²) in [6.45, 7) is 0. The van der Waals surface area contributed by atoms with E-state index in [0.29, 0.717) is 6.07 Å². The smallest absolute Gasteiger partial charge is 0.161 e. The second kappa shape index (κ2) is 9.59. The summed E-state index contributed by atoms with van der Waals surface area (Å²) in [5.41, 5.74) is 0.175. The van der Waals surface area contributed by atoms with Gasteiger partial charge in [0.25, 0.3) is 0 Å². The number of benzene rings is 4. The van der Waals surface area contributed by atoms with E-state index in [2.05, 4.69) is 0 Å². The van der Waals surface area contributed by atoms with Crippen LogP contribution in [-0.4, -0.2) is 0 Å². The van der Waals surface area contributed by atoms with E-state index in [4.69, 9.17) is 0 Å². The van der Waals surface area contributed by atoms with Crippen molar-refractivity contribution in [2.75, 3.05) is 0 Å². The van der Waals surface area contributed by atoms with Crippen molar-refractivity contribution in [3.63, 3.8) is 0 Å². The molecular formula is C25H19BrF3P. The molecule has 0 fully saturated rings. The average Bonchev–Trinajstić information content (AvgIpc) is 2.77. The highest BCUT2D eigenvalue weighted by Crippen LogP contribution is 2.58. The van der Waals surface area contributed by atoms with Crippen molar-refractivity contribution in [3.05, 3.63) is 126 Å². The molecule has 0 amide bonds. The highest BCUT2D eigenvalue weighted by atomic mass is 79.9. The third-order valence-electron chi connectivity index (χ3n) is 5.09. The summed E-state index contributed by atoms with van der Waals surface area (Å²) in [6, 6.07) is 31.4. The maximum atomic E-state index is 14.7. The topological polar surface area (TPSA) is 0 Å². The Morgan fingerprint density at radius 3 is 1.27 bits per heavy atom. The third-order valence-corrected chi connectivity index (χ3v) is 9.44. The first-order valence-corrected chi connectivity index (χ1v) is 11.3. The molecule has 30 heavy (non-hydrogen) atoms. The van der Waals surface area contributed by atoms with Gasteiger partial charge in [-0.15, -0.1) is 0 Å². The minimum atomic E-state index is -2.37. The van der Waals surface area contributed by atoms with E-state index in [-0.39, 0.29) is 28.7 Å². The molecule has 0 radical (unpaired) electrons. The first-order valence-electron chi connectivity index (χ1n) is 9.29. The van der Waals surface area contributed by atoms with Crippen molar-refractivity contribution in [2.45, 2.75) is 6.16 Å². The lowest BCUT2D eigenvalue weighted by Crippen LogP contribution is -3.00. The highest BCUT2D eigenvalue weighted by Gasteiger charge is 2.46. The first-order chi connectivity index (χ1) is 14.1. The molecular weight excluding hydrogens is 468 g/mol. The van der Waals surface area contributed by atoms with Crippen LogP contribution >= 0.6 is 7.26 Å². The molecule has 0 aliphatic heterocycles. The van der Waals surface area contributed by atoms with Gasteiger partial charge in [0.1, 0.15) is 35.2 Å². The fourth-order valence-corrected chi connectivity index (χ4v) is 7.95. The normalized spacial score (nSPS) is 11.0. The monoisotopic (exact) mass is 486 g/mol. The molecule has 0 saturated heterocycles. The minimum Gasteiger partial charge on any atom is -1.00 e. The predicted octanol–water partition coefficient (Wildman–Crippen LogP) is 2.60. The van der Waals surface area contributed by atoms with Crippen molar-refractivity contribution < 1.29 is 30.2 Å². The Morgan fingerprint density at radius 2 is 0.867 bits per heavy atom. The summed E-state index contributed by atoms with van der Waals surface area (Å²) in [5, 5.41) is 3.17. The molecule has 5 heteroatoms. The molecule has 0 aliphatic rings. The fourth-order valence-electron chi connectivity index (χ4n) is 3.71. The second-order valence-corrected chi connectivity index (χ2v) is 10.3.